The molecule has 0 aliphatic heterocycles. The van der Waals surface area contributed by atoms with E-state index in [0.29, 0.717) is 19.1 Å². The molecule has 0 aliphatic carbocycles. The maximum absolute atomic E-state index is 5.96. The summed E-state index contributed by atoms with van der Waals surface area (Å²) in [7, 11) is 0. The molecule has 21 heavy (non-hydrogen) atoms. The molecule has 4 heteroatoms. The number of hydrogen-bond donors (Lipinski definition) is 0. The zero-order valence-corrected chi connectivity index (χ0v) is 14.3. The van der Waals surface area contributed by atoms with Crippen LogP contribution in [0.4, 0.5) is 0 Å². The molecule has 0 spiro atoms. The molecule has 0 fully saturated rings. The SMILES string of the molecule is CCCOc1ccc(CCl)c(OCc2ccc(Br)cc2)c1. The molecule has 2 aromatic rings. The van der Waals surface area contributed by atoms with Crippen LogP contribution in [0.5, 0.6) is 11.5 Å². The zero-order valence-electron chi connectivity index (χ0n) is 11.9. The molecule has 0 saturated carbocycles. The first-order chi connectivity index (χ1) is 10.2. The molecular weight excluding hydrogens is 352 g/mol. The maximum Gasteiger partial charge on any atom is 0.127 e. The van der Waals surface area contributed by atoms with E-state index in [1.165, 1.54) is 0 Å². The minimum Gasteiger partial charge on any atom is -0.493 e. The summed E-state index contributed by atoms with van der Waals surface area (Å²) >= 11 is 9.39. The van der Waals surface area contributed by atoms with Gasteiger partial charge >= 0.3 is 0 Å². The van der Waals surface area contributed by atoms with E-state index < -0.39 is 0 Å². The van der Waals surface area contributed by atoms with Gasteiger partial charge in [0.25, 0.3) is 0 Å². The molecule has 112 valence electrons. The van der Waals surface area contributed by atoms with Crippen molar-refractivity contribution in [2.75, 3.05) is 6.61 Å². The fourth-order valence-corrected chi connectivity index (χ4v) is 2.32. The molecule has 0 aromatic heterocycles. The molecule has 2 aromatic carbocycles. The molecule has 0 bridgehead atoms. The number of alkyl halides is 1. The first-order valence-electron chi connectivity index (χ1n) is 6.92. The number of benzene rings is 2. The van der Waals surface area contributed by atoms with Gasteiger partial charge in [-0.05, 0) is 30.2 Å². The molecule has 0 saturated heterocycles. The Morgan fingerprint density at radius 2 is 1.81 bits per heavy atom. The van der Waals surface area contributed by atoms with Crippen molar-refractivity contribution in [3.05, 3.63) is 58.1 Å². The molecule has 2 nitrogen and oxygen atoms in total. The van der Waals surface area contributed by atoms with Crippen LogP contribution in [0.1, 0.15) is 24.5 Å². The van der Waals surface area contributed by atoms with Crippen molar-refractivity contribution in [2.24, 2.45) is 0 Å². The Morgan fingerprint density at radius 3 is 2.48 bits per heavy atom. The van der Waals surface area contributed by atoms with Crippen molar-refractivity contribution >= 4 is 27.5 Å². The van der Waals surface area contributed by atoms with Gasteiger partial charge in [-0.2, -0.15) is 0 Å². The fourth-order valence-electron chi connectivity index (χ4n) is 1.83. The van der Waals surface area contributed by atoms with Gasteiger partial charge in [-0.15, -0.1) is 11.6 Å². The lowest BCUT2D eigenvalue weighted by molar-refractivity contribution is 0.293. The minimum absolute atomic E-state index is 0.420. The van der Waals surface area contributed by atoms with E-state index in [0.717, 1.165) is 33.5 Å². The molecule has 0 aliphatic rings. The van der Waals surface area contributed by atoms with Crippen molar-refractivity contribution in [1.29, 1.82) is 0 Å². The van der Waals surface area contributed by atoms with Gasteiger partial charge in [0.1, 0.15) is 18.1 Å². The Balaban J connectivity index is 2.07. The fraction of sp³-hybridized carbons (Fsp3) is 0.294. The largest absolute Gasteiger partial charge is 0.493 e. The van der Waals surface area contributed by atoms with Crippen LogP contribution >= 0.6 is 27.5 Å². The molecule has 0 amide bonds. The first-order valence-corrected chi connectivity index (χ1v) is 8.24. The smallest absolute Gasteiger partial charge is 0.127 e. The van der Waals surface area contributed by atoms with Crippen LogP contribution in [0.15, 0.2) is 46.9 Å². The predicted octanol–water partition coefficient (Wildman–Crippen LogP) is 5.56. The molecular formula is C17H18BrClO2. The van der Waals surface area contributed by atoms with E-state index in [-0.39, 0.29) is 0 Å². The van der Waals surface area contributed by atoms with Crippen LogP contribution < -0.4 is 9.47 Å². The zero-order chi connectivity index (χ0) is 15.1. The molecule has 0 unspecified atom stereocenters. The third kappa shape index (κ3) is 4.94. The van der Waals surface area contributed by atoms with Crippen LogP contribution in [-0.2, 0) is 12.5 Å². The Labute approximate surface area is 139 Å². The lowest BCUT2D eigenvalue weighted by Crippen LogP contribution is -2.00. The topological polar surface area (TPSA) is 18.5 Å². The second-order valence-corrected chi connectivity index (χ2v) is 5.85. The standard InChI is InChI=1S/C17H18BrClO2/c1-2-9-20-16-8-5-14(11-19)17(10-16)21-12-13-3-6-15(18)7-4-13/h3-8,10H,2,9,11-12H2,1H3. The van der Waals surface area contributed by atoms with Crippen LogP contribution in [0, 0.1) is 0 Å². The summed E-state index contributed by atoms with van der Waals surface area (Å²) < 4.78 is 12.6. The molecule has 2 rings (SSSR count). The average molecular weight is 370 g/mol. The van der Waals surface area contributed by atoms with E-state index in [1.54, 1.807) is 0 Å². The summed E-state index contributed by atoms with van der Waals surface area (Å²) in [5.74, 6) is 2.02. The van der Waals surface area contributed by atoms with E-state index in [2.05, 4.69) is 22.9 Å². The normalized spacial score (nSPS) is 10.4. The van der Waals surface area contributed by atoms with Gasteiger partial charge in [-0.3, -0.25) is 0 Å². The highest BCUT2D eigenvalue weighted by Gasteiger charge is 2.06. The van der Waals surface area contributed by atoms with Gasteiger partial charge in [0.05, 0.1) is 12.5 Å². The van der Waals surface area contributed by atoms with E-state index >= 15 is 0 Å². The van der Waals surface area contributed by atoms with Gasteiger partial charge in [0.15, 0.2) is 0 Å². The lowest BCUT2D eigenvalue weighted by Gasteiger charge is -2.12. The van der Waals surface area contributed by atoms with Crippen LogP contribution in [-0.4, -0.2) is 6.61 Å². The Hall–Kier alpha value is -1.19. The van der Waals surface area contributed by atoms with Gasteiger partial charge in [-0.1, -0.05) is 41.1 Å². The highest BCUT2D eigenvalue weighted by molar-refractivity contribution is 9.10. The van der Waals surface area contributed by atoms with E-state index in [4.69, 9.17) is 21.1 Å². The minimum atomic E-state index is 0.420. The summed E-state index contributed by atoms with van der Waals surface area (Å²) in [5.41, 5.74) is 2.08. The number of hydrogen-bond acceptors (Lipinski definition) is 2. The molecule has 0 heterocycles. The highest BCUT2D eigenvalue weighted by atomic mass is 79.9. The summed E-state index contributed by atoms with van der Waals surface area (Å²) in [6, 6.07) is 13.9. The number of rotatable bonds is 7. The van der Waals surface area contributed by atoms with Gasteiger partial charge in [-0.25, -0.2) is 0 Å². The predicted molar refractivity (Wildman–Crippen MR) is 90.3 cm³/mol. The third-order valence-corrected chi connectivity index (χ3v) is 3.78. The van der Waals surface area contributed by atoms with Gasteiger partial charge in [0.2, 0.25) is 0 Å². The van der Waals surface area contributed by atoms with Gasteiger partial charge < -0.3 is 9.47 Å². The van der Waals surface area contributed by atoms with Crippen molar-refractivity contribution in [1.82, 2.24) is 0 Å². The molecule has 0 radical (unpaired) electrons. The van der Waals surface area contributed by atoms with E-state index in [1.807, 2.05) is 42.5 Å². The summed E-state index contributed by atoms with van der Waals surface area (Å²) in [5, 5.41) is 0. The van der Waals surface area contributed by atoms with Crippen molar-refractivity contribution in [3.8, 4) is 11.5 Å². The Kier molecular flexibility index (Phi) is 6.40. The van der Waals surface area contributed by atoms with Crippen molar-refractivity contribution < 1.29 is 9.47 Å². The van der Waals surface area contributed by atoms with Crippen LogP contribution in [0.2, 0.25) is 0 Å². The van der Waals surface area contributed by atoms with Crippen molar-refractivity contribution in [2.45, 2.75) is 25.8 Å². The Morgan fingerprint density at radius 1 is 1.05 bits per heavy atom. The first kappa shape index (κ1) is 16.2. The number of halogens is 2. The monoisotopic (exact) mass is 368 g/mol. The quantitative estimate of drug-likeness (QED) is 0.595. The molecule has 0 N–H and O–H groups in total. The third-order valence-electron chi connectivity index (χ3n) is 2.96. The lowest BCUT2D eigenvalue weighted by atomic mass is 10.2. The van der Waals surface area contributed by atoms with Crippen LogP contribution in [0.3, 0.4) is 0 Å². The van der Waals surface area contributed by atoms with E-state index in [9.17, 15) is 0 Å². The summed E-state index contributed by atoms with van der Waals surface area (Å²) in [4.78, 5) is 0. The highest BCUT2D eigenvalue weighted by Crippen LogP contribution is 2.27. The average Bonchev–Trinajstić information content (AvgIpc) is 2.52. The molecule has 0 atom stereocenters. The second kappa shape index (κ2) is 8.30. The maximum atomic E-state index is 5.96. The van der Waals surface area contributed by atoms with Crippen molar-refractivity contribution in [3.63, 3.8) is 0 Å². The van der Waals surface area contributed by atoms with Gasteiger partial charge in [0, 0.05) is 16.1 Å². The summed E-state index contributed by atoms with van der Waals surface area (Å²) in [6.45, 7) is 3.29. The Bertz CT molecular complexity index is 570. The second-order valence-electron chi connectivity index (χ2n) is 4.67. The summed E-state index contributed by atoms with van der Waals surface area (Å²) in [6.07, 6.45) is 0.979. The number of ether oxygens (including phenoxy) is 2. The van der Waals surface area contributed by atoms with Crippen LogP contribution in [0.25, 0.3) is 0 Å².